The van der Waals surface area contributed by atoms with Gasteiger partial charge in [0.15, 0.2) is 0 Å². The second kappa shape index (κ2) is 7.58. The first-order chi connectivity index (χ1) is 13.2. The Labute approximate surface area is 158 Å². The second-order valence-electron chi connectivity index (χ2n) is 6.84. The molecule has 1 atom stereocenters. The summed E-state index contributed by atoms with van der Waals surface area (Å²) in [6.45, 7) is 1.13. The average Bonchev–Trinajstić information content (AvgIpc) is 2.73. The van der Waals surface area contributed by atoms with E-state index in [1.165, 1.54) is 0 Å². The molecule has 0 bridgehead atoms. The number of hydrogen-bond acceptors (Lipinski definition) is 3. The number of piperidine rings is 1. The first-order valence-corrected chi connectivity index (χ1v) is 9.20. The summed E-state index contributed by atoms with van der Waals surface area (Å²) in [5.74, 6) is -0.254. The molecular weight excluding hydrogens is 338 g/mol. The number of hydrogen-bond donors (Lipinski definition) is 1. The van der Waals surface area contributed by atoms with Crippen LogP contribution in [0.4, 0.5) is 5.69 Å². The molecule has 2 aromatic carbocycles. The fourth-order valence-corrected chi connectivity index (χ4v) is 3.64. The van der Waals surface area contributed by atoms with Crippen molar-refractivity contribution >= 4 is 28.3 Å². The second-order valence-corrected chi connectivity index (χ2v) is 6.84. The quantitative estimate of drug-likeness (QED) is 0.775. The van der Waals surface area contributed by atoms with Gasteiger partial charge in [-0.15, -0.1) is 0 Å². The van der Waals surface area contributed by atoms with E-state index in [1.807, 2.05) is 47.4 Å². The first kappa shape index (κ1) is 17.2. The zero-order valence-electron chi connectivity index (χ0n) is 15.0. The minimum Gasteiger partial charge on any atom is -0.338 e. The maximum absolute atomic E-state index is 13.1. The van der Waals surface area contributed by atoms with Crippen molar-refractivity contribution in [1.82, 2.24) is 9.88 Å². The number of amides is 2. The molecule has 27 heavy (non-hydrogen) atoms. The summed E-state index contributed by atoms with van der Waals surface area (Å²) >= 11 is 0. The smallest absolute Gasteiger partial charge is 0.254 e. The molecule has 1 fully saturated rings. The lowest BCUT2D eigenvalue weighted by Crippen LogP contribution is -2.43. The van der Waals surface area contributed by atoms with Crippen LogP contribution in [0.25, 0.3) is 10.8 Å². The van der Waals surface area contributed by atoms with Crippen LogP contribution in [0.3, 0.4) is 0 Å². The van der Waals surface area contributed by atoms with Crippen LogP contribution in [0, 0.1) is 5.92 Å². The molecule has 2 amide bonds. The fourth-order valence-electron chi connectivity index (χ4n) is 3.64. The van der Waals surface area contributed by atoms with Crippen LogP contribution in [-0.2, 0) is 4.79 Å². The zero-order chi connectivity index (χ0) is 18.6. The Balaban J connectivity index is 1.50. The van der Waals surface area contributed by atoms with Crippen molar-refractivity contribution in [2.24, 2.45) is 5.92 Å². The van der Waals surface area contributed by atoms with Gasteiger partial charge in [-0.3, -0.25) is 14.6 Å². The Morgan fingerprint density at radius 2 is 1.78 bits per heavy atom. The van der Waals surface area contributed by atoms with E-state index in [0.717, 1.165) is 29.3 Å². The molecular formula is C22H21N3O2. The molecule has 5 heteroatoms. The summed E-state index contributed by atoms with van der Waals surface area (Å²) in [7, 11) is 0. The molecule has 1 saturated heterocycles. The normalized spacial score (nSPS) is 16.9. The number of nitrogens with one attached hydrogen (secondary N) is 1. The Morgan fingerprint density at radius 3 is 2.63 bits per heavy atom. The van der Waals surface area contributed by atoms with Gasteiger partial charge in [-0.1, -0.05) is 36.4 Å². The van der Waals surface area contributed by atoms with Crippen LogP contribution in [0.1, 0.15) is 23.2 Å². The molecule has 0 unspecified atom stereocenters. The number of likely N-dealkylation sites (tertiary alicyclic amines) is 1. The molecule has 0 radical (unpaired) electrons. The maximum Gasteiger partial charge on any atom is 0.254 e. The highest BCUT2D eigenvalue weighted by Gasteiger charge is 2.29. The van der Waals surface area contributed by atoms with Gasteiger partial charge < -0.3 is 10.2 Å². The molecule has 2 heterocycles. The van der Waals surface area contributed by atoms with Crippen LogP contribution in [0.15, 0.2) is 67.0 Å². The summed E-state index contributed by atoms with van der Waals surface area (Å²) in [4.78, 5) is 31.5. The van der Waals surface area contributed by atoms with Gasteiger partial charge >= 0.3 is 0 Å². The highest BCUT2D eigenvalue weighted by molar-refractivity contribution is 6.07. The van der Waals surface area contributed by atoms with Gasteiger partial charge in [0.25, 0.3) is 5.91 Å². The number of benzene rings is 2. The van der Waals surface area contributed by atoms with Crippen molar-refractivity contribution in [3.63, 3.8) is 0 Å². The van der Waals surface area contributed by atoms with Gasteiger partial charge in [0.05, 0.1) is 5.92 Å². The monoisotopic (exact) mass is 359 g/mol. The number of fused-ring (bicyclic) bond motifs is 1. The predicted octanol–water partition coefficient (Wildman–Crippen LogP) is 3.73. The summed E-state index contributed by atoms with van der Waals surface area (Å²) < 4.78 is 0. The van der Waals surface area contributed by atoms with Crippen LogP contribution >= 0.6 is 0 Å². The number of carbonyl (C=O) groups is 2. The number of nitrogens with zero attached hydrogens (tertiary/aromatic N) is 2. The van der Waals surface area contributed by atoms with Crippen LogP contribution in [0.5, 0.6) is 0 Å². The average molecular weight is 359 g/mol. The van der Waals surface area contributed by atoms with E-state index in [9.17, 15) is 9.59 Å². The van der Waals surface area contributed by atoms with E-state index < -0.39 is 0 Å². The Morgan fingerprint density at radius 1 is 1.00 bits per heavy atom. The number of anilines is 1. The third kappa shape index (κ3) is 3.67. The Kier molecular flexibility index (Phi) is 4.83. The van der Waals surface area contributed by atoms with Crippen LogP contribution in [0.2, 0.25) is 0 Å². The highest BCUT2D eigenvalue weighted by Crippen LogP contribution is 2.24. The van der Waals surface area contributed by atoms with Crippen molar-refractivity contribution in [1.29, 1.82) is 0 Å². The third-order valence-corrected chi connectivity index (χ3v) is 5.05. The van der Waals surface area contributed by atoms with Crippen LogP contribution in [-0.4, -0.2) is 34.8 Å². The number of pyridine rings is 1. The minimum atomic E-state index is -0.203. The molecule has 136 valence electrons. The summed E-state index contributed by atoms with van der Waals surface area (Å²) in [6, 6.07) is 17.2. The topological polar surface area (TPSA) is 62.3 Å². The predicted molar refractivity (Wildman–Crippen MR) is 105 cm³/mol. The fraction of sp³-hybridized carbons (Fsp3) is 0.227. The van der Waals surface area contributed by atoms with Gasteiger partial charge in [-0.25, -0.2) is 0 Å². The summed E-state index contributed by atoms with van der Waals surface area (Å²) in [5.41, 5.74) is 1.43. The minimum absolute atomic E-state index is 0.00629. The van der Waals surface area contributed by atoms with Crippen molar-refractivity contribution in [3.8, 4) is 0 Å². The molecule has 0 spiro atoms. The SMILES string of the molecule is O=C(Nc1ccncc1)[C@H]1CCCN(C(=O)c2cccc3ccccc23)C1. The van der Waals surface area contributed by atoms with Gasteiger partial charge in [0, 0.05) is 36.7 Å². The van der Waals surface area contributed by atoms with Crippen molar-refractivity contribution in [2.75, 3.05) is 18.4 Å². The Hall–Kier alpha value is -3.21. The lowest BCUT2D eigenvalue weighted by atomic mass is 9.95. The molecule has 3 aromatic rings. The molecule has 0 saturated carbocycles. The number of rotatable bonds is 3. The number of carbonyl (C=O) groups excluding carboxylic acids is 2. The molecule has 1 N–H and O–H groups in total. The zero-order valence-corrected chi connectivity index (χ0v) is 15.0. The molecule has 1 aromatic heterocycles. The molecule has 1 aliphatic rings. The van der Waals surface area contributed by atoms with E-state index in [-0.39, 0.29) is 17.7 Å². The van der Waals surface area contributed by atoms with Gasteiger partial charge in [-0.2, -0.15) is 0 Å². The van der Waals surface area contributed by atoms with Crippen LogP contribution < -0.4 is 5.32 Å². The molecule has 4 rings (SSSR count). The van der Waals surface area contributed by atoms with E-state index in [0.29, 0.717) is 18.7 Å². The van der Waals surface area contributed by atoms with Gasteiger partial charge in [0.2, 0.25) is 5.91 Å². The molecule has 1 aliphatic heterocycles. The largest absolute Gasteiger partial charge is 0.338 e. The lowest BCUT2D eigenvalue weighted by Gasteiger charge is -2.32. The molecule has 5 nitrogen and oxygen atoms in total. The van der Waals surface area contributed by atoms with Gasteiger partial charge in [-0.05, 0) is 41.8 Å². The van der Waals surface area contributed by atoms with Crippen molar-refractivity contribution in [3.05, 3.63) is 72.6 Å². The summed E-state index contributed by atoms with van der Waals surface area (Å²) in [5, 5.41) is 4.92. The van der Waals surface area contributed by atoms with Crippen molar-refractivity contribution < 1.29 is 9.59 Å². The Bertz CT molecular complexity index is 966. The highest BCUT2D eigenvalue weighted by atomic mass is 16.2. The summed E-state index contributed by atoms with van der Waals surface area (Å²) in [6.07, 6.45) is 4.90. The maximum atomic E-state index is 13.1. The molecule has 0 aliphatic carbocycles. The third-order valence-electron chi connectivity index (χ3n) is 5.05. The standard InChI is InChI=1S/C22H21N3O2/c26-21(24-18-10-12-23-13-11-18)17-7-4-14-25(15-17)22(27)20-9-3-6-16-5-1-2-8-19(16)20/h1-3,5-6,8-13,17H,4,7,14-15H2,(H,23,24,26)/t17-/m0/s1. The lowest BCUT2D eigenvalue weighted by molar-refractivity contribution is -0.121. The first-order valence-electron chi connectivity index (χ1n) is 9.20. The van der Waals surface area contributed by atoms with Crippen molar-refractivity contribution in [2.45, 2.75) is 12.8 Å². The van der Waals surface area contributed by atoms with E-state index in [4.69, 9.17) is 0 Å². The van der Waals surface area contributed by atoms with E-state index in [1.54, 1.807) is 24.5 Å². The van der Waals surface area contributed by atoms with Gasteiger partial charge in [0.1, 0.15) is 0 Å². The number of aromatic nitrogens is 1. The van der Waals surface area contributed by atoms with E-state index in [2.05, 4.69) is 10.3 Å². The van der Waals surface area contributed by atoms with E-state index >= 15 is 0 Å².